The van der Waals surface area contributed by atoms with Crippen molar-refractivity contribution in [2.75, 3.05) is 13.7 Å². The number of nitrogens with one attached hydrogen (secondary N) is 1. The highest BCUT2D eigenvalue weighted by atomic mass is 32.2. The molecule has 0 bridgehead atoms. The lowest BCUT2D eigenvalue weighted by molar-refractivity contribution is -0.150. The molecule has 2 unspecified atom stereocenters. The molecule has 2 atom stereocenters. The first-order chi connectivity index (χ1) is 9.50. The molecule has 5 nitrogen and oxygen atoms in total. The summed E-state index contributed by atoms with van der Waals surface area (Å²) in [6, 6.07) is 0. The molecule has 0 aliphatic heterocycles. The molecule has 0 amide bonds. The lowest BCUT2D eigenvalue weighted by Gasteiger charge is -2.26. The maximum atomic E-state index is 12.1. The molecule has 112 valence electrons. The van der Waals surface area contributed by atoms with Crippen LogP contribution >= 0.6 is 11.8 Å². The van der Waals surface area contributed by atoms with E-state index in [0.29, 0.717) is 17.1 Å². The Morgan fingerprint density at radius 1 is 1.60 bits per heavy atom. The largest absolute Gasteiger partial charge is 0.465 e. The maximum absolute atomic E-state index is 12.1. The van der Waals surface area contributed by atoms with Crippen molar-refractivity contribution in [3.05, 3.63) is 11.5 Å². The summed E-state index contributed by atoms with van der Waals surface area (Å²) in [5, 5.41) is 4.17. The fraction of sp³-hybridized carbons (Fsp3) is 0.714. The SMILES string of the molecule is CCOC(=O)C1(NC)CCC(Sc2nc(C)c(C)o2)C1. The molecule has 1 fully saturated rings. The van der Waals surface area contributed by atoms with E-state index in [2.05, 4.69) is 10.3 Å². The number of carbonyl (C=O) groups excluding carboxylic acids is 1. The quantitative estimate of drug-likeness (QED) is 0.842. The van der Waals surface area contributed by atoms with Crippen LogP contribution in [0.1, 0.15) is 37.6 Å². The van der Waals surface area contributed by atoms with Crippen molar-refractivity contribution in [2.24, 2.45) is 0 Å². The van der Waals surface area contributed by atoms with Crippen LogP contribution in [-0.4, -0.2) is 35.4 Å². The van der Waals surface area contributed by atoms with Crippen molar-refractivity contribution in [2.45, 2.75) is 56.0 Å². The van der Waals surface area contributed by atoms with E-state index in [9.17, 15) is 4.79 Å². The van der Waals surface area contributed by atoms with Crippen molar-refractivity contribution < 1.29 is 13.9 Å². The van der Waals surface area contributed by atoms with Crippen LogP contribution in [0.5, 0.6) is 0 Å². The molecular formula is C14H22N2O3S. The average Bonchev–Trinajstić information content (AvgIpc) is 2.96. The smallest absolute Gasteiger partial charge is 0.326 e. The van der Waals surface area contributed by atoms with Crippen molar-refractivity contribution in [1.29, 1.82) is 0 Å². The van der Waals surface area contributed by atoms with E-state index >= 15 is 0 Å². The van der Waals surface area contributed by atoms with Gasteiger partial charge in [-0.15, -0.1) is 0 Å². The van der Waals surface area contributed by atoms with Gasteiger partial charge in [0.05, 0.1) is 12.3 Å². The van der Waals surface area contributed by atoms with Crippen molar-refractivity contribution in [3.8, 4) is 0 Å². The van der Waals surface area contributed by atoms with Crippen LogP contribution in [0, 0.1) is 13.8 Å². The minimum atomic E-state index is -0.551. The number of ether oxygens (including phenoxy) is 1. The van der Waals surface area contributed by atoms with Gasteiger partial charge in [0.25, 0.3) is 5.22 Å². The lowest BCUT2D eigenvalue weighted by Crippen LogP contribution is -2.49. The van der Waals surface area contributed by atoms with Crippen LogP contribution in [0.3, 0.4) is 0 Å². The maximum Gasteiger partial charge on any atom is 0.326 e. The third-order valence-electron chi connectivity index (χ3n) is 3.89. The second kappa shape index (κ2) is 6.18. The Morgan fingerprint density at radius 3 is 2.90 bits per heavy atom. The summed E-state index contributed by atoms with van der Waals surface area (Å²) in [6.45, 7) is 6.10. The number of thioether (sulfide) groups is 1. The molecule has 1 aliphatic carbocycles. The molecular weight excluding hydrogens is 276 g/mol. The van der Waals surface area contributed by atoms with E-state index in [1.807, 2.05) is 27.8 Å². The number of likely N-dealkylation sites (N-methyl/N-ethyl adjacent to an activating group) is 1. The van der Waals surface area contributed by atoms with Gasteiger partial charge >= 0.3 is 5.97 Å². The van der Waals surface area contributed by atoms with Crippen molar-refractivity contribution in [3.63, 3.8) is 0 Å². The van der Waals surface area contributed by atoms with Gasteiger partial charge in [-0.25, -0.2) is 4.98 Å². The number of hydrogen-bond donors (Lipinski definition) is 1. The van der Waals surface area contributed by atoms with Gasteiger partial charge in [-0.3, -0.25) is 4.79 Å². The first-order valence-electron chi connectivity index (χ1n) is 6.97. The monoisotopic (exact) mass is 298 g/mol. The summed E-state index contributed by atoms with van der Waals surface area (Å²) in [7, 11) is 1.82. The van der Waals surface area contributed by atoms with Gasteiger partial charge < -0.3 is 14.5 Å². The van der Waals surface area contributed by atoms with E-state index in [4.69, 9.17) is 9.15 Å². The standard InChI is InChI=1S/C14H22N2O3S/c1-5-18-12(17)14(15-4)7-6-11(8-14)20-13-16-9(2)10(3)19-13/h11,15H,5-8H2,1-4H3. The van der Waals surface area contributed by atoms with Crippen LogP contribution in [-0.2, 0) is 9.53 Å². The first kappa shape index (κ1) is 15.4. The summed E-state index contributed by atoms with van der Waals surface area (Å²) in [6.07, 6.45) is 2.48. The molecule has 1 saturated carbocycles. The number of aromatic nitrogens is 1. The first-order valence-corrected chi connectivity index (χ1v) is 7.85. The van der Waals surface area contributed by atoms with Crippen LogP contribution in [0.2, 0.25) is 0 Å². The van der Waals surface area contributed by atoms with Crippen LogP contribution in [0.25, 0.3) is 0 Å². The van der Waals surface area contributed by atoms with Gasteiger partial charge in [-0.05, 0) is 47.1 Å². The highest BCUT2D eigenvalue weighted by Gasteiger charge is 2.46. The Balaban J connectivity index is 2.01. The summed E-state index contributed by atoms with van der Waals surface area (Å²) < 4.78 is 10.8. The molecule has 1 aromatic rings. The number of carbonyl (C=O) groups is 1. The van der Waals surface area contributed by atoms with Crippen LogP contribution in [0.15, 0.2) is 9.64 Å². The van der Waals surface area contributed by atoms with Gasteiger partial charge in [0.1, 0.15) is 11.3 Å². The minimum Gasteiger partial charge on any atom is -0.465 e. The van der Waals surface area contributed by atoms with Crippen LogP contribution in [0.4, 0.5) is 0 Å². The second-order valence-electron chi connectivity index (χ2n) is 5.16. The Hall–Kier alpha value is -1.01. The molecule has 0 radical (unpaired) electrons. The summed E-state index contributed by atoms with van der Waals surface area (Å²) in [4.78, 5) is 16.5. The number of aryl methyl sites for hydroxylation is 2. The van der Waals surface area contributed by atoms with Crippen molar-refractivity contribution in [1.82, 2.24) is 10.3 Å². The molecule has 20 heavy (non-hydrogen) atoms. The predicted molar refractivity (Wildman–Crippen MR) is 77.9 cm³/mol. The van der Waals surface area contributed by atoms with E-state index < -0.39 is 5.54 Å². The molecule has 1 N–H and O–H groups in total. The Labute approximate surface area is 123 Å². The number of oxazole rings is 1. The Kier molecular flexibility index (Phi) is 4.75. The van der Waals surface area contributed by atoms with Gasteiger partial charge in [0.2, 0.25) is 0 Å². The number of rotatable bonds is 5. The topological polar surface area (TPSA) is 64.4 Å². The minimum absolute atomic E-state index is 0.148. The number of esters is 1. The molecule has 0 saturated heterocycles. The van der Waals surface area contributed by atoms with Gasteiger partial charge in [-0.1, -0.05) is 11.8 Å². The summed E-state index contributed by atoms with van der Waals surface area (Å²) in [5.41, 5.74) is 0.375. The molecule has 2 rings (SSSR count). The third kappa shape index (κ3) is 3.01. The number of hydrogen-bond acceptors (Lipinski definition) is 6. The van der Waals surface area contributed by atoms with Gasteiger partial charge in [0.15, 0.2) is 0 Å². The second-order valence-corrected chi connectivity index (χ2v) is 6.41. The van der Waals surface area contributed by atoms with E-state index in [1.165, 1.54) is 0 Å². The van der Waals surface area contributed by atoms with Crippen molar-refractivity contribution >= 4 is 17.7 Å². The molecule has 6 heteroatoms. The highest BCUT2D eigenvalue weighted by Crippen LogP contribution is 2.40. The molecule has 1 heterocycles. The zero-order valence-electron chi connectivity index (χ0n) is 12.5. The lowest BCUT2D eigenvalue weighted by atomic mass is 9.98. The molecule has 1 aromatic heterocycles. The summed E-state index contributed by atoms with van der Waals surface area (Å²) >= 11 is 1.61. The highest BCUT2D eigenvalue weighted by molar-refractivity contribution is 7.99. The molecule has 0 spiro atoms. The Morgan fingerprint density at radius 2 is 2.35 bits per heavy atom. The van der Waals surface area contributed by atoms with E-state index in [1.54, 1.807) is 11.8 Å². The summed E-state index contributed by atoms with van der Waals surface area (Å²) in [5.74, 6) is 0.709. The average molecular weight is 298 g/mol. The third-order valence-corrected chi connectivity index (χ3v) is 5.00. The van der Waals surface area contributed by atoms with Gasteiger partial charge in [0, 0.05) is 5.25 Å². The Bertz CT molecular complexity index is 469. The fourth-order valence-electron chi connectivity index (χ4n) is 2.52. The van der Waals surface area contributed by atoms with Gasteiger partial charge in [-0.2, -0.15) is 0 Å². The number of nitrogens with zero attached hydrogens (tertiary/aromatic N) is 1. The van der Waals surface area contributed by atoms with E-state index in [-0.39, 0.29) is 5.97 Å². The zero-order valence-corrected chi connectivity index (χ0v) is 13.3. The van der Waals surface area contributed by atoms with Crippen LogP contribution < -0.4 is 5.32 Å². The fourth-order valence-corrected chi connectivity index (χ4v) is 3.77. The molecule has 1 aliphatic rings. The molecule has 0 aromatic carbocycles. The zero-order chi connectivity index (χ0) is 14.8. The normalized spacial score (nSPS) is 25.9. The van der Waals surface area contributed by atoms with E-state index in [0.717, 1.165) is 30.7 Å². The predicted octanol–water partition coefficient (Wildman–Crippen LogP) is 2.46.